The molecule has 1 unspecified atom stereocenters. The Hall–Kier alpha value is -1.88. The van der Waals surface area contributed by atoms with Crippen molar-refractivity contribution in [1.29, 1.82) is 0 Å². The highest BCUT2D eigenvalue weighted by molar-refractivity contribution is 7.12. The Kier molecular flexibility index (Phi) is 3.46. The van der Waals surface area contributed by atoms with Gasteiger partial charge in [0.2, 0.25) is 5.88 Å². The summed E-state index contributed by atoms with van der Waals surface area (Å²) in [6, 6.07) is 9.35. The Morgan fingerprint density at radius 3 is 3.05 bits per heavy atom. The molecule has 5 heteroatoms. The number of likely N-dealkylation sites (tertiary alicyclic amines) is 1. The van der Waals surface area contributed by atoms with Crippen LogP contribution in [0.25, 0.3) is 0 Å². The molecule has 0 saturated carbocycles. The van der Waals surface area contributed by atoms with E-state index in [1.807, 2.05) is 40.6 Å². The Bertz CT molecular complexity index is 542. The zero-order valence-electron chi connectivity index (χ0n) is 10.4. The van der Waals surface area contributed by atoms with Crippen molar-refractivity contribution in [2.75, 3.05) is 13.1 Å². The summed E-state index contributed by atoms with van der Waals surface area (Å²) in [5, 5.41) is 1.92. The van der Waals surface area contributed by atoms with E-state index in [0.29, 0.717) is 12.4 Å². The van der Waals surface area contributed by atoms with E-state index in [9.17, 15) is 4.79 Å². The number of hydrogen-bond donors (Lipinski definition) is 0. The molecule has 0 bridgehead atoms. The number of hydrogen-bond acceptors (Lipinski definition) is 4. The normalized spacial score (nSPS) is 18.5. The Morgan fingerprint density at radius 1 is 1.37 bits per heavy atom. The fourth-order valence-electron chi connectivity index (χ4n) is 2.15. The molecule has 2 aromatic rings. The first kappa shape index (κ1) is 12.2. The Balaban J connectivity index is 1.60. The highest BCUT2D eigenvalue weighted by Gasteiger charge is 2.28. The van der Waals surface area contributed by atoms with Crippen LogP contribution in [0.15, 0.2) is 41.9 Å². The van der Waals surface area contributed by atoms with Crippen LogP contribution in [0.4, 0.5) is 0 Å². The van der Waals surface area contributed by atoms with E-state index in [0.717, 1.165) is 17.8 Å². The van der Waals surface area contributed by atoms with Gasteiger partial charge in [0.05, 0.1) is 11.4 Å². The van der Waals surface area contributed by atoms with Gasteiger partial charge in [0.1, 0.15) is 6.10 Å². The third-order valence-corrected chi connectivity index (χ3v) is 3.95. The largest absolute Gasteiger partial charge is 0.472 e. The van der Waals surface area contributed by atoms with Crippen LogP contribution in [0.3, 0.4) is 0 Å². The molecule has 0 spiro atoms. The number of rotatable bonds is 3. The molecule has 0 N–H and O–H groups in total. The van der Waals surface area contributed by atoms with E-state index >= 15 is 0 Å². The average molecular weight is 274 g/mol. The lowest BCUT2D eigenvalue weighted by molar-refractivity contribution is 0.0776. The van der Waals surface area contributed by atoms with Crippen LogP contribution in [0, 0.1) is 0 Å². The molecule has 1 atom stereocenters. The van der Waals surface area contributed by atoms with Gasteiger partial charge in [0.25, 0.3) is 5.91 Å². The van der Waals surface area contributed by atoms with Crippen LogP contribution < -0.4 is 4.74 Å². The molecular formula is C14H14N2O2S. The maximum atomic E-state index is 12.2. The number of amides is 1. The van der Waals surface area contributed by atoms with Gasteiger partial charge in [-0.05, 0) is 17.5 Å². The molecule has 2 aromatic heterocycles. The average Bonchev–Trinajstić information content (AvgIpc) is 3.10. The third-order valence-electron chi connectivity index (χ3n) is 3.09. The Labute approximate surface area is 115 Å². The first-order valence-electron chi connectivity index (χ1n) is 6.23. The van der Waals surface area contributed by atoms with Crippen LogP contribution in [0.1, 0.15) is 16.1 Å². The molecule has 1 aliphatic rings. The van der Waals surface area contributed by atoms with Crippen LogP contribution in [-0.2, 0) is 0 Å². The fourth-order valence-corrected chi connectivity index (χ4v) is 2.84. The van der Waals surface area contributed by atoms with Gasteiger partial charge in [-0.25, -0.2) is 4.98 Å². The number of nitrogens with zero attached hydrogens (tertiary/aromatic N) is 2. The van der Waals surface area contributed by atoms with Gasteiger partial charge in [0.15, 0.2) is 0 Å². The molecule has 0 radical (unpaired) electrons. The highest BCUT2D eigenvalue weighted by Crippen LogP contribution is 2.20. The molecule has 0 aromatic carbocycles. The number of thiophene rings is 1. The van der Waals surface area contributed by atoms with Crippen molar-refractivity contribution < 1.29 is 9.53 Å². The van der Waals surface area contributed by atoms with Gasteiger partial charge in [-0.1, -0.05) is 12.1 Å². The maximum absolute atomic E-state index is 12.2. The van der Waals surface area contributed by atoms with Gasteiger partial charge in [0, 0.05) is 25.2 Å². The summed E-state index contributed by atoms with van der Waals surface area (Å²) < 4.78 is 5.77. The van der Waals surface area contributed by atoms with E-state index in [1.54, 1.807) is 6.20 Å². The number of carbonyl (C=O) groups excluding carboxylic acids is 1. The van der Waals surface area contributed by atoms with Gasteiger partial charge in [-0.15, -0.1) is 11.3 Å². The first-order valence-corrected chi connectivity index (χ1v) is 7.11. The van der Waals surface area contributed by atoms with Gasteiger partial charge < -0.3 is 9.64 Å². The van der Waals surface area contributed by atoms with E-state index in [2.05, 4.69) is 4.98 Å². The minimum absolute atomic E-state index is 0.0406. The van der Waals surface area contributed by atoms with Crippen LogP contribution in [0.2, 0.25) is 0 Å². The van der Waals surface area contributed by atoms with Crippen molar-refractivity contribution in [2.45, 2.75) is 12.5 Å². The Morgan fingerprint density at radius 2 is 2.32 bits per heavy atom. The van der Waals surface area contributed by atoms with Gasteiger partial charge in [-0.2, -0.15) is 0 Å². The monoisotopic (exact) mass is 274 g/mol. The van der Waals surface area contributed by atoms with Crippen molar-refractivity contribution in [3.63, 3.8) is 0 Å². The maximum Gasteiger partial charge on any atom is 0.264 e. The zero-order chi connectivity index (χ0) is 13.1. The lowest BCUT2D eigenvalue weighted by Crippen LogP contribution is -2.30. The standard InChI is InChI=1S/C14H14N2O2S/c17-14(12-4-3-9-19-12)16-8-6-11(10-16)18-13-5-1-2-7-15-13/h1-5,7,9,11H,6,8,10H2. The molecule has 19 heavy (non-hydrogen) atoms. The lowest BCUT2D eigenvalue weighted by atomic mass is 10.3. The summed E-state index contributed by atoms with van der Waals surface area (Å²) >= 11 is 1.48. The number of aromatic nitrogens is 1. The summed E-state index contributed by atoms with van der Waals surface area (Å²) in [7, 11) is 0. The lowest BCUT2D eigenvalue weighted by Gasteiger charge is -2.16. The summed E-state index contributed by atoms with van der Waals surface area (Å²) in [6.07, 6.45) is 2.60. The van der Waals surface area contributed by atoms with Crippen molar-refractivity contribution in [3.05, 3.63) is 46.8 Å². The first-order chi connectivity index (χ1) is 9.33. The highest BCUT2D eigenvalue weighted by atomic mass is 32.1. The second-order valence-electron chi connectivity index (χ2n) is 4.42. The van der Waals surface area contributed by atoms with Crippen molar-refractivity contribution >= 4 is 17.2 Å². The molecule has 1 saturated heterocycles. The van der Waals surface area contributed by atoms with Crippen molar-refractivity contribution in [1.82, 2.24) is 9.88 Å². The number of carbonyl (C=O) groups is 1. The molecular weight excluding hydrogens is 260 g/mol. The minimum atomic E-state index is 0.0406. The molecule has 1 amide bonds. The molecule has 98 valence electrons. The second-order valence-corrected chi connectivity index (χ2v) is 5.37. The van der Waals surface area contributed by atoms with Crippen molar-refractivity contribution in [3.8, 4) is 5.88 Å². The van der Waals surface area contributed by atoms with Crippen LogP contribution in [-0.4, -0.2) is 35.0 Å². The fraction of sp³-hybridized carbons (Fsp3) is 0.286. The van der Waals surface area contributed by atoms with E-state index in [4.69, 9.17) is 4.74 Å². The molecule has 4 nitrogen and oxygen atoms in total. The quantitative estimate of drug-likeness (QED) is 0.863. The van der Waals surface area contributed by atoms with Crippen LogP contribution >= 0.6 is 11.3 Å². The predicted octanol–water partition coefficient (Wildman–Crippen LogP) is 2.44. The molecule has 1 fully saturated rings. The van der Waals surface area contributed by atoms with Gasteiger partial charge >= 0.3 is 0 Å². The predicted molar refractivity (Wildman–Crippen MR) is 73.5 cm³/mol. The van der Waals surface area contributed by atoms with E-state index in [-0.39, 0.29) is 12.0 Å². The van der Waals surface area contributed by atoms with E-state index in [1.165, 1.54) is 11.3 Å². The smallest absolute Gasteiger partial charge is 0.264 e. The SMILES string of the molecule is O=C(c1cccs1)N1CCC(Oc2ccccn2)C1. The van der Waals surface area contributed by atoms with E-state index < -0.39 is 0 Å². The molecule has 3 heterocycles. The van der Waals surface area contributed by atoms with Crippen LogP contribution in [0.5, 0.6) is 5.88 Å². The second kappa shape index (κ2) is 5.40. The number of ether oxygens (including phenoxy) is 1. The zero-order valence-corrected chi connectivity index (χ0v) is 11.2. The summed E-state index contributed by atoms with van der Waals surface area (Å²) in [5.74, 6) is 0.722. The van der Waals surface area contributed by atoms with Gasteiger partial charge in [-0.3, -0.25) is 4.79 Å². The summed E-state index contributed by atoms with van der Waals surface area (Å²) in [5.41, 5.74) is 0. The van der Waals surface area contributed by atoms with Crippen molar-refractivity contribution in [2.24, 2.45) is 0 Å². The third kappa shape index (κ3) is 2.76. The molecule has 0 aliphatic carbocycles. The topological polar surface area (TPSA) is 42.4 Å². The minimum Gasteiger partial charge on any atom is -0.472 e. The molecule has 1 aliphatic heterocycles. The summed E-state index contributed by atoms with van der Waals surface area (Å²) in [6.45, 7) is 1.38. The molecule has 3 rings (SSSR count). The number of pyridine rings is 1. The summed E-state index contributed by atoms with van der Waals surface area (Å²) in [4.78, 5) is 18.9.